The maximum absolute atomic E-state index is 14.5. The topological polar surface area (TPSA) is 75.3 Å². The molecule has 3 rings (SSSR count). The molecule has 1 aliphatic heterocycles. The van der Waals surface area contributed by atoms with E-state index in [1.165, 1.54) is 13.3 Å². The zero-order valence-electron chi connectivity index (χ0n) is 14.6. The predicted octanol–water partition coefficient (Wildman–Crippen LogP) is 3.29. The Balaban J connectivity index is 1.76. The first-order valence-corrected chi connectivity index (χ1v) is 8.78. The SMILES string of the molecule is COc1cc(F)c([C@@H]2CNCC[C@H]2NC(=O)Nc2ccc(Cl)cn2)c(F)c1. The van der Waals surface area contributed by atoms with Gasteiger partial charge in [-0.2, -0.15) is 0 Å². The zero-order chi connectivity index (χ0) is 19.4. The van der Waals surface area contributed by atoms with E-state index in [4.69, 9.17) is 16.3 Å². The van der Waals surface area contributed by atoms with Crippen LogP contribution in [0, 0.1) is 11.6 Å². The van der Waals surface area contributed by atoms with E-state index in [1.807, 2.05) is 0 Å². The number of aromatic nitrogens is 1. The summed E-state index contributed by atoms with van der Waals surface area (Å²) in [6.45, 7) is 0.963. The third kappa shape index (κ3) is 4.64. The standard InChI is InChI=1S/C18H19ClF2N4O2/c1-27-11-6-13(20)17(14(21)7-11)12-9-22-5-4-15(12)24-18(26)25-16-3-2-10(19)8-23-16/h2-3,6-8,12,15,22H,4-5,9H2,1H3,(H2,23,24,25,26)/t12-,15-/m1/s1. The molecular weight excluding hydrogens is 378 g/mol. The first-order valence-electron chi connectivity index (χ1n) is 8.40. The second-order valence-corrected chi connectivity index (χ2v) is 6.61. The van der Waals surface area contributed by atoms with Gasteiger partial charge in [-0.15, -0.1) is 0 Å². The van der Waals surface area contributed by atoms with Gasteiger partial charge in [-0.25, -0.2) is 18.6 Å². The van der Waals surface area contributed by atoms with Gasteiger partial charge in [0.2, 0.25) is 0 Å². The smallest absolute Gasteiger partial charge is 0.320 e. The molecule has 0 bridgehead atoms. The van der Waals surface area contributed by atoms with E-state index >= 15 is 0 Å². The Morgan fingerprint density at radius 1 is 1.33 bits per heavy atom. The molecule has 2 heterocycles. The molecule has 1 aromatic heterocycles. The van der Waals surface area contributed by atoms with Crippen molar-refractivity contribution in [3.63, 3.8) is 0 Å². The monoisotopic (exact) mass is 396 g/mol. The molecule has 2 amide bonds. The Bertz CT molecular complexity index is 797. The third-order valence-corrected chi connectivity index (χ3v) is 4.65. The number of benzene rings is 1. The minimum absolute atomic E-state index is 0.0714. The molecule has 144 valence electrons. The number of halogens is 3. The number of hydrogen-bond acceptors (Lipinski definition) is 4. The highest BCUT2D eigenvalue weighted by Crippen LogP contribution is 2.31. The highest BCUT2D eigenvalue weighted by molar-refractivity contribution is 6.30. The van der Waals surface area contributed by atoms with Crippen LogP contribution in [0.4, 0.5) is 19.4 Å². The highest BCUT2D eigenvalue weighted by atomic mass is 35.5. The summed E-state index contributed by atoms with van der Waals surface area (Å²) in [5, 5.41) is 8.94. The number of urea groups is 1. The van der Waals surface area contributed by atoms with Crippen molar-refractivity contribution < 1.29 is 18.3 Å². The number of nitrogens with one attached hydrogen (secondary N) is 3. The molecule has 3 N–H and O–H groups in total. The van der Waals surface area contributed by atoms with E-state index in [0.29, 0.717) is 30.4 Å². The van der Waals surface area contributed by atoms with E-state index in [9.17, 15) is 13.6 Å². The van der Waals surface area contributed by atoms with Crippen LogP contribution in [0.1, 0.15) is 17.9 Å². The lowest BCUT2D eigenvalue weighted by molar-refractivity contribution is 0.240. The molecule has 2 atom stereocenters. The Labute approximate surface area is 160 Å². The lowest BCUT2D eigenvalue weighted by atomic mass is 9.86. The van der Waals surface area contributed by atoms with Crippen molar-refractivity contribution in [1.29, 1.82) is 0 Å². The van der Waals surface area contributed by atoms with Crippen LogP contribution < -0.4 is 20.7 Å². The molecule has 1 aliphatic rings. The van der Waals surface area contributed by atoms with Crippen LogP contribution in [-0.2, 0) is 0 Å². The summed E-state index contributed by atoms with van der Waals surface area (Å²) >= 11 is 5.76. The van der Waals surface area contributed by atoms with E-state index in [1.54, 1.807) is 12.1 Å². The number of methoxy groups -OCH3 is 1. The molecule has 27 heavy (non-hydrogen) atoms. The summed E-state index contributed by atoms with van der Waals surface area (Å²) in [6, 6.07) is 4.49. The summed E-state index contributed by atoms with van der Waals surface area (Å²) in [6.07, 6.45) is 1.93. The van der Waals surface area contributed by atoms with Crippen molar-refractivity contribution in [3.8, 4) is 5.75 Å². The molecule has 6 nitrogen and oxygen atoms in total. The van der Waals surface area contributed by atoms with Gasteiger partial charge >= 0.3 is 6.03 Å². The molecule has 0 spiro atoms. The second-order valence-electron chi connectivity index (χ2n) is 6.17. The Hall–Kier alpha value is -2.45. The number of anilines is 1. The third-order valence-electron chi connectivity index (χ3n) is 4.43. The van der Waals surface area contributed by atoms with Gasteiger partial charge in [0.15, 0.2) is 0 Å². The van der Waals surface area contributed by atoms with Gasteiger partial charge in [0, 0.05) is 42.4 Å². The number of hydrogen-bond donors (Lipinski definition) is 3. The summed E-state index contributed by atoms with van der Waals surface area (Å²) in [5.41, 5.74) is -0.0714. The van der Waals surface area contributed by atoms with Crippen molar-refractivity contribution >= 4 is 23.4 Å². The van der Waals surface area contributed by atoms with Gasteiger partial charge < -0.3 is 15.4 Å². The second kappa shape index (κ2) is 8.49. The van der Waals surface area contributed by atoms with Crippen LogP contribution in [0.2, 0.25) is 5.02 Å². The van der Waals surface area contributed by atoms with Crippen LogP contribution in [0.5, 0.6) is 5.75 Å². The number of carbonyl (C=O) groups excluding carboxylic acids is 1. The van der Waals surface area contributed by atoms with Gasteiger partial charge in [0.05, 0.1) is 12.1 Å². The Morgan fingerprint density at radius 3 is 2.70 bits per heavy atom. The fourth-order valence-electron chi connectivity index (χ4n) is 3.14. The number of pyridine rings is 1. The Morgan fingerprint density at radius 2 is 2.07 bits per heavy atom. The van der Waals surface area contributed by atoms with Gasteiger partial charge in [-0.05, 0) is 25.1 Å². The number of amides is 2. The minimum atomic E-state index is -0.702. The van der Waals surface area contributed by atoms with Crippen LogP contribution in [0.3, 0.4) is 0 Å². The molecule has 0 unspecified atom stereocenters. The van der Waals surface area contributed by atoms with E-state index in [-0.39, 0.29) is 11.3 Å². The summed E-state index contributed by atoms with van der Waals surface area (Å²) < 4.78 is 33.9. The molecule has 0 saturated carbocycles. The molecule has 1 aromatic carbocycles. The van der Waals surface area contributed by atoms with Crippen molar-refractivity contribution in [3.05, 3.63) is 52.7 Å². The van der Waals surface area contributed by atoms with Crippen molar-refractivity contribution in [2.45, 2.75) is 18.4 Å². The van der Waals surface area contributed by atoms with Gasteiger partial charge in [0.1, 0.15) is 23.2 Å². The zero-order valence-corrected chi connectivity index (χ0v) is 15.3. The maximum atomic E-state index is 14.5. The summed E-state index contributed by atoms with van der Waals surface area (Å²) in [4.78, 5) is 16.3. The number of rotatable bonds is 4. The molecule has 0 aliphatic carbocycles. The molecule has 9 heteroatoms. The summed E-state index contributed by atoms with van der Waals surface area (Å²) in [5.74, 6) is -1.54. The molecule has 1 saturated heterocycles. The van der Waals surface area contributed by atoms with Gasteiger partial charge in [-0.1, -0.05) is 11.6 Å². The highest BCUT2D eigenvalue weighted by Gasteiger charge is 2.32. The van der Waals surface area contributed by atoms with Crippen LogP contribution in [0.25, 0.3) is 0 Å². The van der Waals surface area contributed by atoms with Crippen molar-refractivity contribution in [2.24, 2.45) is 0 Å². The molecular formula is C18H19ClF2N4O2. The first kappa shape index (κ1) is 19.3. The molecule has 1 fully saturated rings. The van der Waals surface area contributed by atoms with Crippen LogP contribution in [0.15, 0.2) is 30.5 Å². The maximum Gasteiger partial charge on any atom is 0.320 e. The van der Waals surface area contributed by atoms with Crippen LogP contribution in [-0.4, -0.2) is 37.3 Å². The lowest BCUT2D eigenvalue weighted by Crippen LogP contribution is -2.49. The van der Waals surface area contributed by atoms with Crippen molar-refractivity contribution in [1.82, 2.24) is 15.6 Å². The first-order chi connectivity index (χ1) is 13.0. The quantitative estimate of drug-likeness (QED) is 0.741. The van der Waals surface area contributed by atoms with Gasteiger partial charge in [0.25, 0.3) is 0 Å². The largest absolute Gasteiger partial charge is 0.497 e. The average Bonchev–Trinajstić information content (AvgIpc) is 2.64. The number of piperidine rings is 1. The lowest BCUT2D eigenvalue weighted by Gasteiger charge is -2.33. The predicted molar refractivity (Wildman–Crippen MR) is 98.3 cm³/mol. The number of carbonyl (C=O) groups is 1. The average molecular weight is 397 g/mol. The number of nitrogens with zero attached hydrogens (tertiary/aromatic N) is 1. The Kier molecular flexibility index (Phi) is 6.08. The van der Waals surface area contributed by atoms with Gasteiger partial charge in [-0.3, -0.25) is 5.32 Å². The summed E-state index contributed by atoms with van der Waals surface area (Å²) in [7, 11) is 1.34. The van der Waals surface area contributed by atoms with E-state index < -0.39 is 29.6 Å². The number of ether oxygens (including phenoxy) is 1. The van der Waals surface area contributed by atoms with E-state index in [0.717, 1.165) is 12.1 Å². The fraction of sp³-hybridized carbons (Fsp3) is 0.333. The molecule has 2 aromatic rings. The fourth-order valence-corrected chi connectivity index (χ4v) is 3.25. The minimum Gasteiger partial charge on any atom is -0.497 e. The molecule has 0 radical (unpaired) electrons. The van der Waals surface area contributed by atoms with Crippen LogP contribution >= 0.6 is 11.6 Å². The van der Waals surface area contributed by atoms with Crippen molar-refractivity contribution in [2.75, 3.05) is 25.5 Å². The van der Waals surface area contributed by atoms with E-state index in [2.05, 4.69) is 20.9 Å². The normalized spacial score (nSPS) is 19.4.